The van der Waals surface area contributed by atoms with Crippen molar-refractivity contribution in [2.24, 2.45) is 0 Å². The predicted octanol–water partition coefficient (Wildman–Crippen LogP) is 4.31. The van der Waals surface area contributed by atoms with Crippen molar-refractivity contribution in [3.63, 3.8) is 0 Å². The zero-order valence-electron chi connectivity index (χ0n) is 12.0. The summed E-state index contributed by atoms with van der Waals surface area (Å²) in [5.41, 5.74) is 0.878. The van der Waals surface area contributed by atoms with Crippen LogP contribution in [0.3, 0.4) is 0 Å². The lowest BCUT2D eigenvalue weighted by molar-refractivity contribution is 0.0807. The lowest BCUT2D eigenvalue weighted by atomic mass is 9.73. The second-order valence-corrected chi connectivity index (χ2v) is 5.76. The summed E-state index contributed by atoms with van der Waals surface area (Å²) in [5, 5.41) is 3.28. The first-order valence-electron chi connectivity index (χ1n) is 7.63. The highest BCUT2D eigenvalue weighted by Crippen LogP contribution is 2.36. The van der Waals surface area contributed by atoms with Crippen LogP contribution in [0.5, 0.6) is 0 Å². The Hall–Kier alpha value is -1.31. The van der Waals surface area contributed by atoms with Crippen molar-refractivity contribution in [1.29, 1.82) is 0 Å². The number of hydrogen-bond donors (Lipinski definition) is 1. The average Bonchev–Trinajstić information content (AvgIpc) is 2.41. The molecule has 0 heterocycles. The average molecular weight is 259 g/mol. The number of hydrogen-bond acceptors (Lipinski definition) is 1. The van der Waals surface area contributed by atoms with Crippen molar-refractivity contribution in [3.05, 3.63) is 35.9 Å². The van der Waals surface area contributed by atoms with Gasteiger partial charge in [-0.25, -0.2) is 0 Å². The molecule has 1 aliphatic rings. The van der Waals surface area contributed by atoms with Crippen LogP contribution in [-0.2, 0) is 0 Å². The molecule has 0 unspecified atom stereocenters. The van der Waals surface area contributed by atoms with Crippen LogP contribution in [0.1, 0.15) is 68.6 Å². The molecule has 2 heteroatoms. The first-order chi connectivity index (χ1) is 9.26. The van der Waals surface area contributed by atoms with Gasteiger partial charge in [0, 0.05) is 11.1 Å². The monoisotopic (exact) mass is 259 g/mol. The topological polar surface area (TPSA) is 29.1 Å². The van der Waals surface area contributed by atoms with Crippen LogP contribution >= 0.6 is 0 Å². The van der Waals surface area contributed by atoms with Crippen LogP contribution in [0.4, 0.5) is 0 Å². The van der Waals surface area contributed by atoms with E-state index in [4.69, 9.17) is 0 Å². The van der Waals surface area contributed by atoms with Gasteiger partial charge in [0.1, 0.15) is 0 Å². The van der Waals surface area contributed by atoms with Crippen LogP contribution < -0.4 is 5.32 Å². The fourth-order valence-corrected chi connectivity index (χ4v) is 2.83. The molecule has 0 spiro atoms. The van der Waals surface area contributed by atoms with Crippen LogP contribution in [0.15, 0.2) is 30.3 Å². The van der Waals surface area contributed by atoms with E-state index in [1.54, 1.807) is 0 Å². The van der Waals surface area contributed by atoms with Crippen LogP contribution in [0.2, 0.25) is 0 Å². The quantitative estimate of drug-likeness (QED) is 0.726. The Balaban J connectivity index is 1.86. The highest BCUT2D eigenvalue weighted by Gasteiger charge is 2.37. The Morgan fingerprint density at radius 1 is 1.16 bits per heavy atom. The van der Waals surface area contributed by atoms with E-state index in [0.717, 1.165) is 24.8 Å². The fourth-order valence-electron chi connectivity index (χ4n) is 2.83. The molecule has 1 aliphatic carbocycles. The minimum absolute atomic E-state index is 0.0933. The van der Waals surface area contributed by atoms with Gasteiger partial charge >= 0.3 is 0 Å². The molecule has 2 nitrogen and oxygen atoms in total. The fraction of sp³-hybridized carbons (Fsp3) is 0.588. The summed E-state index contributed by atoms with van der Waals surface area (Å²) < 4.78 is 0. The van der Waals surface area contributed by atoms with Crippen molar-refractivity contribution in [2.45, 2.75) is 63.8 Å². The third-order valence-corrected chi connectivity index (χ3v) is 4.23. The van der Waals surface area contributed by atoms with E-state index in [1.807, 2.05) is 30.3 Å². The van der Waals surface area contributed by atoms with Gasteiger partial charge in [0.05, 0.1) is 0 Å². The first kappa shape index (κ1) is 14.1. The maximum atomic E-state index is 12.2. The minimum atomic E-state index is 0.0933. The van der Waals surface area contributed by atoms with Crippen LogP contribution in [0.25, 0.3) is 0 Å². The van der Waals surface area contributed by atoms with E-state index in [-0.39, 0.29) is 11.4 Å². The third kappa shape index (κ3) is 3.82. The van der Waals surface area contributed by atoms with Gasteiger partial charge in [0.25, 0.3) is 5.91 Å². The molecule has 0 aromatic heterocycles. The van der Waals surface area contributed by atoms with Crippen molar-refractivity contribution < 1.29 is 4.79 Å². The summed E-state index contributed by atoms with van der Waals surface area (Å²) in [6.45, 7) is 2.23. The smallest absolute Gasteiger partial charge is 0.251 e. The minimum Gasteiger partial charge on any atom is -0.347 e. The number of carbonyl (C=O) groups is 1. The van der Waals surface area contributed by atoms with Gasteiger partial charge in [-0.05, 0) is 37.8 Å². The largest absolute Gasteiger partial charge is 0.347 e. The van der Waals surface area contributed by atoms with E-state index in [0.29, 0.717) is 0 Å². The summed E-state index contributed by atoms with van der Waals surface area (Å²) in [5.74, 6) is 0.0933. The Kier molecular flexibility index (Phi) is 5.00. The van der Waals surface area contributed by atoms with Crippen molar-refractivity contribution in [1.82, 2.24) is 5.32 Å². The van der Waals surface area contributed by atoms with Crippen LogP contribution in [0, 0.1) is 0 Å². The zero-order chi connectivity index (χ0) is 13.6. The number of benzene rings is 1. The van der Waals surface area contributed by atoms with Crippen molar-refractivity contribution in [3.8, 4) is 0 Å². The molecule has 1 N–H and O–H groups in total. The standard InChI is InChI=1S/C17H25NO/c1-2-3-4-8-12-17(13-9-14-17)18-16(19)15-10-6-5-7-11-15/h5-7,10-11H,2-4,8-9,12-14H2,1H3,(H,18,19). The normalized spacial score (nSPS) is 16.7. The Morgan fingerprint density at radius 2 is 1.89 bits per heavy atom. The molecule has 1 aromatic carbocycles. The maximum Gasteiger partial charge on any atom is 0.251 e. The summed E-state index contributed by atoms with van der Waals surface area (Å²) >= 11 is 0. The molecule has 1 aromatic rings. The SMILES string of the molecule is CCCCCCC1(NC(=O)c2ccccc2)CCC1. The summed E-state index contributed by atoms with van der Waals surface area (Å²) in [6, 6.07) is 9.56. The summed E-state index contributed by atoms with van der Waals surface area (Å²) in [6.07, 6.45) is 9.80. The Labute approximate surface area is 116 Å². The lowest BCUT2D eigenvalue weighted by Gasteiger charge is -2.43. The van der Waals surface area contributed by atoms with E-state index >= 15 is 0 Å². The van der Waals surface area contributed by atoms with Gasteiger partial charge < -0.3 is 5.32 Å². The molecule has 1 saturated carbocycles. The van der Waals surface area contributed by atoms with Gasteiger partial charge in [-0.2, -0.15) is 0 Å². The lowest BCUT2D eigenvalue weighted by Crippen LogP contribution is -2.53. The van der Waals surface area contributed by atoms with Gasteiger partial charge in [-0.1, -0.05) is 50.8 Å². The van der Waals surface area contributed by atoms with E-state index < -0.39 is 0 Å². The van der Waals surface area contributed by atoms with Gasteiger partial charge in [-0.15, -0.1) is 0 Å². The second kappa shape index (κ2) is 6.74. The van der Waals surface area contributed by atoms with E-state index in [1.165, 1.54) is 32.1 Å². The molecule has 0 aliphatic heterocycles. The van der Waals surface area contributed by atoms with Crippen molar-refractivity contribution >= 4 is 5.91 Å². The van der Waals surface area contributed by atoms with Gasteiger partial charge in [0.15, 0.2) is 0 Å². The zero-order valence-corrected chi connectivity index (χ0v) is 12.0. The second-order valence-electron chi connectivity index (χ2n) is 5.76. The number of rotatable bonds is 7. The molecule has 0 saturated heterocycles. The first-order valence-corrected chi connectivity index (χ1v) is 7.63. The molecule has 104 valence electrons. The molecule has 1 fully saturated rings. The molecule has 0 bridgehead atoms. The summed E-state index contributed by atoms with van der Waals surface area (Å²) in [4.78, 5) is 12.2. The molecule has 1 amide bonds. The number of nitrogens with one attached hydrogen (secondary N) is 1. The maximum absolute atomic E-state index is 12.2. The van der Waals surface area contributed by atoms with E-state index in [9.17, 15) is 4.79 Å². The Morgan fingerprint density at radius 3 is 2.47 bits per heavy atom. The number of amides is 1. The number of unbranched alkanes of at least 4 members (excludes halogenated alkanes) is 3. The highest BCUT2D eigenvalue weighted by molar-refractivity contribution is 5.94. The predicted molar refractivity (Wildman–Crippen MR) is 79.2 cm³/mol. The number of carbonyl (C=O) groups excluding carboxylic acids is 1. The molecule has 19 heavy (non-hydrogen) atoms. The molecular formula is C17H25NO. The highest BCUT2D eigenvalue weighted by atomic mass is 16.1. The summed E-state index contributed by atoms with van der Waals surface area (Å²) in [7, 11) is 0. The van der Waals surface area contributed by atoms with Gasteiger partial charge in [-0.3, -0.25) is 4.79 Å². The third-order valence-electron chi connectivity index (χ3n) is 4.23. The van der Waals surface area contributed by atoms with Crippen LogP contribution in [-0.4, -0.2) is 11.4 Å². The molecule has 2 rings (SSSR count). The van der Waals surface area contributed by atoms with E-state index in [2.05, 4.69) is 12.2 Å². The molecule has 0 radical (unpaired) electrons. The molecule has 0 atom stereocenters. The Bertz CT molecular complexity index is 395. The van der Waals surface area contributed by atoms with Gasteiger partial charge in [0.2, 0.25) is 0 Å². The molecular weight excluding hydrogens is 234 g/mol. The van der Waals surface area contributed by atoms with Crippen molar-refractivity contribution in [2.75, 3.05) is 0 Å².